The second kappa shape index (κ2) is 7.64. The summed E-state index contributed by atoms with van der Waals surface area (Å²) in [5.41, 5.74) is 0. The Morgan fingerprint density at radius 2 is 1.55 bits per heavy atom. The molecule has 0 aliphatic rings. The van der Waals surface area contributed by atoms with Gasteiger partial charge < -0.3 is 4.90 Å². The van der Waals surface area contributed by atoms with Crippen molar-refractivity contribution in [3.8, 4) is 0 Å². The second-order valence-corrected chi connectivity index (χ2v) is 2.93. The molecule has 0 saturated carbocycles. The quantitative estimate of drug-likeness (QED) is 0.546. The van der Waals surface area contributed by atoms with Crippen LogP contribution in [0.25, 0.3) is 0 Å². The standard InChI is InChI=1S/C10H21N/c1-4-7-9-11(6-3)10-8-5-2/h6H,3-5,7-10H2,1-2H3. The number of rotatable bonds is 7. The van der Waals surface area contributed by atoms with Gasteiger partial charge in [0.15, 0.2) is 0 Å². The first-order valence-corrected chi connectivity index (χ1v) is 4.71. The summed E-state index contributed by atoms with van der Waals surface area (Å²) in [7, 11) is 0. The summed E-state index contributed by atoms with van der Waals surface area (Å²) >= 11 is 0. The maximum atomic E-state index is 3.79. The highest BCUT2D eigenvalue weighted by Crippen LogP contribution is 1.98. The average Bonchev–Trinajstić information content (AvgIpc) is 2.05. The molecule has 0 spiro atoms. The molecule has 0 fully saturated rings. The highest BCUT2D eigenvalue weighted by molar-refractivity contribution is 4.69. The van der Waals surface area contributed by atoms with E-state index in [-0.39, 0.29) is 0 Å². The molecule has 0 unspecified atom stereocenters. The lowest BCUT2D eigenvalue weighted by molar-refractivity contribution is 0.361. The van der Waals surface area contributed by atoms with Gasteiger partial charge in [-0.05, 0) is 19.0 Å². The van der Waals surface area contributed by atoms with Crippen LogP contribution in [0.4, 0.5) is 0 Å². The Balaban J connectivity index is 3.33. The molecular weight excluding hydrogens is 134 g/mol. The van der Waals surface area contributed by atoms with Crippen LogP contribution >= 0.6 is 0 Å². The van der Waals surface area contributed by atoms with Crippen LogP contribution in [-0.4, -0.2) is 18.0 Å². The van der Waals surface area contributed by atoms with Crippen molar-refractivity contribution in [2.45, 2.75) is 39.5 Å². The van der Waals surface area contributed by atoms with Crippen molar-refractivity contribution < 1.29 is 0 Å². The van der Waals surface area contributed by atoms with Crippen molar-refractivity contribution in [2.24, 2.45) is 0 Å². The maximum absolute atomic E-state index is 3.79. The molecule has 0 aromatic rings. The van der Waals surface area contributed by atoms with E-state index in [1.54, 1.807) is 0 Å². The van der Waals surface area contributed by atoms with E-state index in [1.165, 1.54) is 38.8 Å². The minimum absolute atomic E-state index is 1.18. The normalized spacial score (nSPS) is 9.64. The molecule has 0 amide bonds. The highest BCUT2D eigenvalue weighted by atomic mass is 15.1. The van der Waals surface area contributed by atoms with Crippen LogP contribution in [0.5, 0.6) is 0 Å². The molecule has 0 aliphatic heterocycles. The third-order valence-electron chi connectivity index (χ3n) is 1.86. The molecule has 0 N–H and O–H groups in total. The fraction of sp³-hybridized carbons (Fsp3) is 0.800. The Morgan fingerprint density at radius 3 is 1.82 bits per heavy atom. The lowest BCUT2D eigenvalue weighted by Crippen LogP contribution is -2.19. The summed E-state index contributed by atoms with van der Waals surface area (Å²) in [5, 5.41) is 0. The second-order valence-electron chi connectivity index (χ2n) is 2.93. The van der Waals surface area contributed by atoms with Crippen molar-refractivity contribution >= 4 is 0 Å². The van der Waals surface area contributed by atoms with Crippen LogP contribution in [0.15, 0.2) is 12.8 Å². The Morgan fingerprint density at radius 1 is 1.09 bits per heavy atom. The van der Waals surface area contributed by atoms with Gasteiger partial charge >= 0.3 is 0 Å². The summed E-state index contributed by atoms with van der Waals surface area (Å²) in [6, 6.07) is 0. The van der Waals surface area contributed by atoms with Crippen molar-refractivity contribution in [3.63, 3.8) is 0 Å². The van der Waals surface area contributed by atoms with E-state index in [1.807, 2.05) is 6.20 Å². The Hall–Kier alpha value is -0.460. The van der Waals surface area contributed by atoms with Gasteiger partial charge in [0.1, 0.15) is 0 Å². The number of nitrogens with zero attached hydrogens (tertiary/aromatic N) is 1. The van der Waals surface area contributed by atoms with Crippen LogP contribution in [0.1, 0.15) is 39.5 Å². The van der Waals surface area contributed by atoms with Gasteiger partial charge in [-0.3, -0.25) is 0 Å². The molecule has 1 heteroatoms. The van der Waals surface area contributed by atoms with Gasteiger partial charge in [0.05, 0.1) is 0 Å². The van der Waals surface area contributed by atoms with Crippen LogP contribution in [-0.2, 0) is 0 Å². The minimum atomic E-state index is 1.18. The maximum Gasteiger partial charge on any atom is 0.0172 e. The van der Waals surface area contributed by atoms with Crippen molar-refractivity contribution in [1.82, 2.24) is 4.90 Å². The first kappa shape index (κ1) is 10.5. The topological polar surface area (TPSA) is 3.24 Å². The van der Waals surface area contributed by atoms with Crippen LogP contribution < -0.4 is 0 Å². The van der Waals surface area contributed by atoms with Crippen LogP contribution in [0.2, 0.25) is 0 Å². The minimum Gasteiger partial charge on any atom is -0.378 e. The van der Waals surface area contributed by atoms with E-state index in [9.17, 15) is 0 Å². The van der Waals surface area contributed by atoms with E-state index < -0.39 is 0 Å². The lowest BCUT2D eigenvalue weighted by Gasteiger charge is -2.18. The molecule has 0 heterocycles. The first-order valence-electron chi connectivity index (χ1n) is 4.71. The van der Waals surface area contributed by atoms with Crippen LogP contribution in [0, 0.1) is 0 Å². The third kappa shape index (κ3) is 5.96. The molecule has 1 nitrogen and oxygen atoms in total. The van der Waals surface area contributed by atoms with Gasteiger partial charge in [0.25, 0.3) is 0 Å². The summed E-state index contributed by atoms with van der Waals surface area (Å²) in [4.78, 5) is 2.31. The smallest absolute Gasteiger partial charge is 0.0172 e. The SMILES string of the molecule is C=CN(CCCC)CCCC. The molecule has 66 valence electrons. The van der Waals surface area contributed by atoms with E-state index in [4.69, 9.17) is 0 Å². The summed E-state index contributed by atoms with van der Waals surface area (Å²) in [6.45, 7) is 10.6. The zero-order valence-electron chi connectivity index (χ0n) is 7.97. The van der Waals surface area contributed by atoms with Crippen molar-refractivity contribution in [1.29, 1.82) is 0 Å². The first-order chi connectivity index (χ1) is 5.35. The van der Waals surface area contributed by atoms with E-state index in [0.29, 0.717) is 0 Å². The summed E-state index contributed by atoms with van der Waals surface area (Å²) in [6.07, 6.45) is 7.09. The molecular formula is C10H21N. The highest BCUT2D eigenvalue weighted by Gasteiger charge is 1.95. The molecule has 0 bridgehead atoms. The van der Waals surface area contributed by atoms with E-state index in [0.717, 1.165) is 0 Å². The fourth-order valence-corrected chi connectivity index (χ4v) is 1.02. The number of unbranched alkanes of at least 4 members (excludes halogenated alkanes) is 2. The molecule has 0 radical (unpaired) electrons. The molecule has 0 atom stereocenters. The van der Waals surface area contributed by atoms with Crippen molar-refractivity contribution in [2.75, 3.05) is 13.1 Å². The van der Waals surface area contributed by atoms with E-state index in [2.05, 4.69) is 25.3 Å². The zero-order valence-corrected chi connectivity index (χ0v) is 7.97. The van der Waals surface area contributed by atoms with Crippen molar-refractivity contribution in [3.05, 3.63) is 12.8 Å². The van der Waals surface area contributed by atoms with E-state index >= 15 is 0 Å². The lowest BCUT2D eigenvalue weighted by atomic mass is 10.3. The predicted octanol–water partition coefficient (Wildman–Crippen LogP) is 3.03. The molecule has 0 saturated heterocycles. The molecule has 11 heavy (non-hydrogen) atoms. The molecule has 0 aromatic carbocycles. The van der Waals surface area contributed by atoms with Gasteiger partial charge in [-0.25, -0.2) is 0 Å². The average molecular weight is 155 g/mol. The molecule has 0 rings (SSSR count). The summed E-state index contributed by atoms with van der Waals surface area (Å²) in [5.74, 6) is 0. The Kier molecular flexibility index (Phi) is 7.33. The number of hydrogen-bond acceptors (Lipinski definition) is 1. The molecule has 0 aromatic heterocycles. The number of hydrogen-bond donors (Lipinski definition) is 0. The predicted molar refractivity (Wildman–Crippen MR) is 51.6 cm³/mol. The van der Waals surface area contributed by atoms with Gasteiger partial charge in [0.2, 0.25) is 0 Å². The molecule has 0 aliphatic carbocycles. The third-order valence-corrected chi connectivity index (χ3v) is 1.86. The van der Waals surface area contributed by atoms with Gasteiger partial charge in [-0.1, -0.05) is 33.3 Å². The zero-order chi connectivity index (χ0) is 8.53. The van der Waals surface area contributed by atoms with Gasteiger partial charge in [0, 0.05) is 13.1 Å². The van der Waals surface area contributed by atoms with Crippen LogP contribution in [0.3, 0.4) is 0 Å². The monoisotopic (exact) mass is 155 g/mol. The fourth-order valence-electron chi connectivity index (χ4n) is 1.02. The van der Waals surface area contributed by atoms with Gasteiger partial charge in [-0.2, -0.15) is 0 Å². The van der Waals surface area contributed by atoms with Gasteiger partial charge in [-0.15, -0.1) is 0 Å². The Bertz CT molecular complexity index is 80.9. The largest absolute Gasteiger partial charge is 0.378 e. The Labute approximate surface area is 71.1 Å². The summed E-state index contributed by atoms with van der Waals surface area (Å²) < 4.78 is 0.